The normalized spacial score (nSPS) is 37.1. The number of nitrogens with zero attached hydrogens (tertiary/aromatic N) is 1. The summed E-state index contributed by atoms with van der Waals surface area (Å²) in [6.45, 7) is -0.125. The second-order valence-corrected chi connectivity index (χ2v) is 6.16. The summed E-state index contributed by atoms with van der Waals surface area (Å²) in [6, 6.07) is 6.98. The first kappa shape index (κ1) is 13.8. The van der Waals surface area contributed by atoms with Crippen molar-refractivity contribution in [1.82, 2.24) is 4.90 Å². The smallest absolute Gasteiger partial charge is 0.256 e. The van der Waals surface area contributed by atoms with E-state index in [1.165, 1.54) is 16.7 Å². The summed E-state index contributed by atoms with van der Waals surface area (Å²) in [5.41, 5.74) is 0.499. The Labute approximate surface area is 119 Å². The van der Waals surface area contributed by atoms with E-state index in [4.69, 9.17) is 0 Å². The molecule has 0 spiro atoms. The van der Waals surface area contributed by atoms with E-state index in [9.17, 15) is 25.2 Å². The summed E-state index contributed by atoms with van der Waals surface area (Å²) in [7, 11) is 0. The number of carbonyl (C=O) groups is 1. The van der Waals surface area contributed by atoms with Gasteiger partial charge >= 0.3 is 0 Å². The summed E-state index contributed by atoms with van der Waals surface area (Å²) >= 11 is 1.25. The standard InChI is InChI=1S/C13H15NO5S/c15-7-5-14-12(19)6-3-1-2-4-8(6)20-13(14)11(18)10(17)9(7)16/h1-4,7,9-11,13,15-18H,5H2/t7-,9+,10-,11+,13+/m0/s1. The van der Waals surface area contributed by atoms with Gasteiger partial charge in [0.2, 0.25) is 0 Å². The molecular formula is C13H15NO5S. The minimum atomic E-state index is -1.49. The monoisotopic (exact) mass is 297 g/mol. The number of carbonyl (C=O) groups excluding carboxylic acids is 1. The molecule has 1 fully saturated rings. The maximum Gasteiger partial charge on any atom is 0.256 e. The highest BCUT2D eigenvalue weighted by Crippen LogP contribution is 2.39. The van der Waals surface area contributed by atoms with Gasteiger partial charge in [0.15, 0.2) is 0 Å². The molecule has 108 valence electrons. The van der Waals surface area contributed by atoms with Crippen molar-refractivity contribution in [3.63, 3.8) is 0 Å². The zero-order chi connectivity index (χ0) is 14.4. The number of fused-ring (bicyclic) bond motifs is 2. The van der Waals surface area contributed by atoms with Crippen LogP contribution in [0.25, 0.3) is 0 Å². The van der Waals surface area contributed by atoms with Gasteiger partial charge in [0.25, 0.3) is 5.91 Å². The van der Waals surface area contributed by atoms with Gasteiger partial charge in [0.1, 0.15) is 29.8 Å². The molecule has 6 nitrogen and oxygen atoms in total. The van der Waals surface area contributed by atoms with E-state index >= 15 is 0 Å². The Balaban J connectivity index is 2.02. The van der Waals surface area contributed by atoms with Crippen molar-refractivity contribution in [2.75, 3.05) is 6.54 Å². The number of hydrogen-bond donors (Lipinski definition) is 4. The molecule has 1 amide bonds. The fourth-order valence-corrected chi connectivity index (χ4v) is 3.87. The lowest BCUT2D eigenvalue weighted by Gasteiger charge is -2.37. The van der Waals surface area contributed by atoms with Gasteiger partial charge in [0, 0.05) is 4.90 Å². The van der Waals surface area contributed by atoms with Crippen LogP contribution in [0.15, 0.2) is 29.2 Å². The quantitative estimate of drug-likeness (QED) is 0.491. The minimum Gasteiger partial charge on any atom is -0.388 e. The average Bonchev–Trinajstić information content (AvgIpc) is 2.53. The van der Waals surface area contributed by atoms with E-state index < -0.39 is 29.8 Å². The van der Waals surface area contributed by atoms with Crippen LogP contribution in [-0.2, 0) is 0 Å². The van der Waals surface area contributed by atoms with E-state index in [0.29, 0.717) is 5.56 Å². The van der Waals surface area contributed by atoms with Gasteiger partial charge in [0.05, 0.1) is 12.1 Å². The lowest BCUT2D eigenvalue weighted by Crippen LogP contribution is -2.50. The Morgan fingerprint density at radius 1 is 1.05 bits per heavy atom. The number of thioether (sulfide) groups is 1. The third-order valence-electron chi connectivity index (χ3n) is 3.70. The SMILES string of the molecule is O=C1c2ccccc2S[C@@H]2[C@H](O)[C@@H](O)[C@H](O)[C@@H](O)CN12. The zero-order valence-electron chi connectivity index (χ0n) is 10.5. The molecule has 0 saturated carbocycles. The zero-order valence-corrected chi connectivity index (χ0v) is 11.3. The first-order valence-electron chi connectivity index (χ1n) is 6.29. The second-order valence-electron chi connectivity index (χ2n) is 5.00. The number of benzene rings is 1. The molecule has 0 aliphatic carbocycles. The van der Waals surface area contributed by atoms with Crippen LogP contribution < -0.4 is 0 Å². The fourth-order valence-electron chi connectivity index (χ4n) is 2.56. The molecular weight excluding hydrogens is 282 g/mol. The average molecular weight is 297 g/mol. The number of aliphatic hydroxyl groups is 4. The third kappa shape index (κ3) is 2.02. The van der Waals surface area contributed by atoms with Crippen molar-refractivity contribution >= 4 is 17.7 Å². The molecule has 1 aromatic rings. The Bertz CT molecular complexity index is 539. The van der Waals surface area contributed by atoms with Gasteiger partial charge in [-0.15, -0.1) is 0 Å². The van der Waals surface area contributed by atoms with Crippen molar-refractivity contribution in [3.05, 3.63) is 29.8 Å². The second kappa shape index (κ2) is 5.01. The molecule has 1 saturated heterocycles. The van der Waals surface area contributed by atoms with Gasteiger partial charge in [-0.2, -0.15) is 0 Å². The fraction of sp³-hybridized carbons (Fsp3) is 0.462. The molecule has 1 aromatic carbocycles. The van der Waals surface area contributed by atoms with Crippen molar-refractivity contribution in [2.45, 2.75) is 34.7 Å². The van der Waals surface area contributed by atoms with Gasteiger partial charge in [-0.25, -0.2) is 0 Å². The number of rotatable bonds is 0. The van der Waals surface area contributed by atoms with Crippen LogP contribution in [0.4, 0.5) is 0 Å². The maximum atomic E-state index is 12.4. The maximum absolute atomic E-state index is 12.4. The highest BCUT2D eigenvalue weighted by molar-refractivity contribution is 8.00. The molecule has 20 heavy (non-hydrogen) atoms. The Morgan fingerprint density at radius 2 is 1.75 bits per heavy atom. The molecule has 5 atom stereocenters. The minimum absolute atomic E-state index is 0.125. The molecule has 4 N–H and O–H groups in total. The van der Waals surface area contributed by atoms with Crippen LogP contribution in [0.2, 0.25) is 0 Å². The molecule has 2 aliphatic rings. The Morgan fingerprint density at radius 3 is 2.50 bits per heavy atom. The Hall–Kier alpha value is -1.12. The molecule has 0 bridgehead atoms. The van der Waals surface area contributed by atoms with Crippen LogP contribution in [-0.4, -0.2) is 67.6 Å². The molecule has 3 rings (SSSR count). The van der Waals surface area contributed by atoms with E-state index in [2.05, 4.69) is 0 Å². The van der Waals surface area contributed by atoms with Gasteiger partial charge in [-0.3, -0.25) is 4.79 Å². The molecule has 0 radical (unpaired) electrons. The van der Waals surface area contributed by atoms with Crippen LogP contribution in [0.1, 0.15) is 10.4 Å². The molecule has 0 aromatic heterocycles. The topological polar surface area (TPSA) is 101 Å². The summed E-state index contributed by atoms with van der Waals surface area (Å²) < 4.78 is 0. The van der Waals surface area contributed by atoms with Gasteiger partial charge in [-0.1, -0.05) is 23.9 Å². The molecule has 2 heterocycles. The van der Waals surface area contributed by atoms with Crippen LogP contribution >= 0.6 is 11.8 Å². The first-order chi connectivity index (χ1) is 9.50. The van der Waals surface area contributed by atoms with Gasteiger partial charge < -0.3 is 25.3 Å². The lowest BCUT2D eigenvalue weighted by atomic mass is 10.1. The number of hydrogen-bond acceptors (Lipinski definition) is 6. The predicted molar refractivity (Wildman–Crippen MR) is 71.2 cm³/mol. The first-order valence-corrected chi connectivity index (χ1v) is 7.17. The van der Waals surface area contributed by atoms with E-state index in [1.807, 2.05) is 0 Å². The van der Waals surface area contributed by atoms with Crippen molar-refractivity contribution in [2.24, 2.45) is 0 Å². The third-order valence-corrected chi connectivity index (χ3v) is 5.09. The van der Waals surface area contributed by atoms with Crippen molar-refractivity contribution in [3.8, 4) is 0 Å². The number of amides is 1. The van der Waals surface area contributed by atoms with E-state index in [-0.39, 0.29) is 12.5 Å². The Kier molecular flexibility index (Phi) is 3.47. The van der Waals surface area contributed by atoms with E-state index in [1.54, 1.807) is 24.3 Å². The van der Waals surface area contributed by atoms with Crippen LogP contribution in [0, 0.1) is 0 Å². The summed E-state index contributed by atoms with van der Waals surface area (Å²) in [6.07, 6.45) is -5.60. The van der Waals surface area contributed by atoms with Crippen molar-refractivity contribution in [1.29, 1.82) is 0 Å². The largest absolute Gasteiger partial charge is 0.388 e. The predicted octanol–water partition coefficient (Wildman–Crippen LogP) is -0.982. The molecule has 7 heteroatoms. The number of aliphatic hydroxyl groups excluding tert-OH is 4. The van der Waals surface area contributed by atoms with Crippen molar-refractivity contribution < 1.29 is 25.2 Å². The molecule has 2 aliphatic heterocycles. The van der Waals surface area contributed by atoms with E-state index in [0.717, 1.165) is 4.90 Å². The lowest BCUT2D eigenvalue weighted by molar-refractivity contribution is -0.0911. The van der Waals surface area contributed by atoms with Crippen LogP contribution in [0.5, 0.6) is 0 Å². The van der Waals surface area contributed by atoms with Crippen LogP contribution in [0.3, 0.4) is 0 Å². The van der Waals surface area contributed by atoms with Gasteiger partial charge in [-0.05, 0) is 12.1 Å². The summed E-state index contributed by atoms with van der Waals surface area (Å²) in [5, 5.41) is 38.9. The highest BCUT2D eigenvalue weighted by Gasteiger charge is 2.47. The molecule has 0 unspecified atom stereocenters. The summed E-state index contributed by atoms with van der Waals surface area (Å²) in [4.78, 5) is 14.5. The highest BCUT2D eigenvalue weighted by atomic mass is 32.2. The summed E-state index contributed by atoms with van der Waals surface area (Å²) in [5.74, 6) is -0.316.